The standard InChI is InChI=1S/C14H16N4O3/c1-9-5-6-11(12(15)17-20)14(19)18(9)8-10-4-3-7-16-13(10)21-2/h3-7,20H,8H2,1-2H3,(H2,15,17). The summed E-state index contributed by atoms with van der Waals surface area (Å²) in [6.45, 7) is 2.09. The molecule has 0 saturated carbocycles. The summed E-state index contributed by atoms with van der Waals surface area (Å²) in [6.07, 6.45) is 1.62. The number of amidine groups is 1. The molecule has 0 spiro atoms. The van der Waals surface area contributed by atoms with Crippen molar-refractivity contribution in [3.63, 3.8) is 0 Å². The number of nitrogens with zero attached hydrogens (tertiary/aromatic N) is 3. The average Bonchev–Trinajstić information content (AvgIpc) is 2.51. The van der Waals surface area contributed by atoms with E-state index in [9.17, 15) is 4.79 Å². The summed E-state index contributed by atoms with van der Waals surface area (Å²) >= 11 is 0. The summed E-state index contributed by atoms with van der Waals surface area (Å²) in [5, 5.41) is 11.6. The van der Waals surface area contributed by atoms with Gasteiger partial charge in [-0.05, 0) is 25.1 Å². The van der Waals surface area contributed by atoms with Gasteiger partial charge in [0.1, 0.15) is 0 Å². The summed E-state index contributed by atoms with van der Waals surface area (Å²) < 4.78 is 6.70. The van der Waals surface area contributed by atoms with Crippen LogP contribution < -0.4 is 16.0 Å². The highest BCUT2D eigenvalue weighted by atomic mass is 16.5. The molecule has 110 valence electrons. The molecular formula is C14H16N4O3. The Kier molecular flexibility index (Phi) is 4.22. The van der Waals surface area contributed by atoms with E-state index in [0.29, 0.717) is 5.88 Å². The highest BCUT2D eigenvalue weighted by Gasteiger charge is 2.12. The van der Waals surface area contributed by atoms with E-state index in [0.717, 1.165) is 11.3 Å². The average molecular weight is 288 g/mol. The minimum Gasteiger partial charge on any atom is -0.481 e. The number of pyridine rings is 2. The highest BCUT2D eigenvalue weighted by Crippen LogP contribution is 2.15. The zero-order valence-electron chi connectivity index (χ0n) is 11.8. The van der Waals surface area contributed by atoms with Crippen LogP contribution in [0.3, 0.4) is 0 Å². The summed E-state index contributed by atoms with van der Waals surface area (Å²) in [7, 11) is 1.52. The Morgan fingerprint density at radius 2 is 2.24 bits per heavy atom. The van der Waals surface area contributed by atoms with E-state index in [-0.39, 0.29) is 23.5 Å². The number of hydrogen-bond donors (Lipinski definition) is 2. The van der Waals surface area contributed by atoms with Gasteiger partial charge < -0.3 is 20.2 Å². The molecule has 0 saturated heterocycles. The Morgan fingerprint density at radius 3 is 2.90 bits per heavy atom. The second-order valence-corrected chi connectivity index (χ2v) is 4.44. The molecule has 2 heterocycles. The third-order valence-electron chi connectivity index (χ3n) is 3.15. The molecule has 2 aromatic rings. The van der Waals surface area contributed by atoms with Gasteiger partial charge in [0.15, 0.2) is 5.84 Å². The number of rotatable bonds is 4. The van der Waals surface area contributed by atoms with E-state index in [2.05, 4.69) is 10.1 Å². The number of aryl methyl sites for hydroxylation is 1. The van der Waals surface area contributed by atoms with Gasteiger partial charge in [-0.1, -0.05) is 11.2 Å². The predicted octanol–water partition coefficient (Wildman–Crippen LogP) is 0.703. The molecule has 0 fully saturated rings. The number of aromatic nitrogens is 2. The second-order valence-electron chi connectivity index (χ2n) is 4.44. The molecule has 2 aromatic heterocycles. The summed E-state index contributed by atoms with van der Waals surface area (Å²) in [4.78, 5) is 16.5. The Hall–Kier alpha value is -2.83. The summed E-state index contributed by atoms with van der Waals surface area (Å²) in [6, 6.07) is 6.86. The van der Waals surface area contributed by atoms with Crippen LogP contribution in [-0.4, -0.2) is 27.7 Å². The molecule has 0 aromatic carbocycles. The summed E-state index contributed by atoms with van der Waals surface area (Å²) in [5.41, 5.74) is 6.84. The number of oxime groups is 1. The van der Waals surface area contributed by atoms with Crippen molar-refractivity contribution in [2.24, 2.45) is 10.9 Å². The fourth-order valence-electron chi connectivity index (χ4n) is 2.01. The molecule has 0 aliphatic carbocycles. The zero-order chi connectivity index (χ0) is 15.4. The highest BCUT2D eigenvalue weighted by molar-refractivity contribution is 5.96. The van der Waals surface area contributed by atoms with Crippen LogP contribution in [0.4, 0.5) is 0 Å². The van der Waals surface area contributed by atoms with Crippen LogP contribution in [0.2, 0.25) is 0 Å². The van der Waals surface area contributed by atoms with Gasteiger partial charge in [0.05, 0.1) is 19.2 Å². The monoisotopic (exact) mass is 288 g/mol. The molecule has 0 bridgehead atoms. The zero-order valence-corrected chi connectivity index (χ0v) is 11.8. The van der Waals surface area contributed by atoms with Crippen molar-refractivity contribution in [1.82, 2.24) is 9.55 Å². The van der Waals surface area contributed by atoms with Crippen LogP contribution in [0, 0.1) is 6.92 Å². The van der Waals surface area contributed by atoms with Crippen molar-refractivity contribution in [2.45, 2.75) is 13.5 Å². The maximum atomic E-state index is 12.4. The van der Waals surface area contributed by atoms with E-state index >= 15 is 0 Å². The van der Waals surface area contributed by atoms with Crippen LogP contribution in [0.15, 0.2) is 40.4 Å². The molecule has 7 heteroatoms. The predicted molar refractivity (Wildman–Crippen MR) is 77.8 cm³/mol. The molecule has 0 unspecified atom stereocenters. The first-order valence-electron chi connectivity index (χ1n) is 6.24. The lowest BCUT2D eigenvalue weighted by Gasteiger charge is -2.13. The van der Waals surface area contributed by atoms with E-state index in [1.807, 2.05) is 6.07 Å². The molecule has 2 rings (SSSR count). The maximum Gasteiger partial charge on any atom is 0.262 e. The number of methoxy groups -OCH3 is 1. The lowest BCUT2D eigenvalue weighted by molar-refractivity contribution is 0.318. The molecular weight excluding hydrogens is 272 g/mol. The van der Waals surface area contributed by atoms with Crippen molar-refractivity contribution in [1.29, 1.82) is 0 Å². The van der Waals surface area contributed by atoms with Crippen LogP contribution in [0.1, 0.15) is 16.8 Å². The molecule has 0 atom stereocenters. The van der Waals surface area contributed by atoms with E-state index in [1.165, 1.54) is 17.7 Å². The first kappa shape index (κ1) is 14.6. The van der Waals surface area contributed by atoms with Gasteiger partial charge in [-0.2, -0.15) is 0 Å². The van der Waals surface area contributed by atoms with E-state index < -0.39 is 0 Å². The molecule has 0 radical (unpaired) electrons. The Balaban J connectivity index is 2.52. The minimum absolute atomic E-state index is 0.144. The number of nitrogens with two attached hydrogens (primary N) is 1. The van der Waals surface area contributed by atoms with Gasteiger partial charge >= 0.3 is 0 Å². The van der Waals surface area contributed by atoms with Crippen molar-refractivity contribution in [3.8, 4) is 5.88 Å². The second kappa shape index (κ2) is 6.08. The van der Waals surface area contributed by atoms with Crippen LogP contribution in [-0.2, 0) is 6.54 Å². The van der Waals surface area contributed by atoms with E-state index in [1.54, 1.807) is 25.3 Å². The third kappa shape index (κ3) is 2.86. The van der Waals surface area contributed by atoms with Gasteiger partial charge in [0.25, 0.3) is 5.56 Å². The SMILES string of the molecule is COc1ncccc1Cn1c(C)ccc(/C(N)=N/O)c1=O. The lowest BCUT2D eigenvalue weighted by Crippen LogP contribution is -2.31. The fourth-order valence-corrected chi connectivity index (χ4v) is 2.01. The van der Waals surface area contributed by atoms with Gasteiger partial charge in [0.2, 0.25) is 5.88 Å². The van der Waals surface area contributed by atoms with Crippen molar-refractivity contribution < 1.29 is 9.94 Å². The van der Waals surface area contributed by atoms with Gasteiger partial charge in [-0.3, -0.25) is 4.79 Å². The normalized spacial score (nSPS) is 11.4. The van der Waals surface area contributed by atoms with Gasteiger partial charge in [-0.15, -0.1) is 0 Å². The van der Waals surface area contributed by atoms with Crippen LogP contribution in [0.5, 0.6) is 5.88 Å². The quantitative estimate of drug-likeness (QED) is 0.373. The van der Waals surface area contributed by atoms with Crippen LogP contribution in [0.25, 0.3) is 0 Å². The minimum atomic E-state index is -0.337. The van der Waals surface area contributed by atoms with Crippen molar-refractivity contribution in [2.75, 3.05) is 7.11 Å². The number of hydrogen-bond acceptors (Lipinski definition) is 5. The van der Waals surface area contributed by atoms with Crippen molar-refractivity contribution >= 4 is 5.84 Å². The van der Waals surface area contributed by atoms with Crippen molar-refractivity contribution in [3.05, 3.63) is 57.6 Å². The molecule has 0 aliphatic heterocycles. The van der Waals surface area contributed by atoms with Gasteiger partial charge in [-0.25, -0.2) is 4.98 Å². The summed E-state index contributed by atoms with van der Waals surface area (Å²) in [5.74, 6) is 0.241. The largest absolute Gasteiger partial charge is 0.481 e. The fraction of sp³-hybridized carbons (Fsp3) is 0.214. The Bertz CT molecular complexity index is 737. The topological polar surface area (TPSA) is 103 Å². The molecule has 21 heavy (non-hydrogen) atoms. The Labute approximate surface area is 121 Å². The van der Waals surface area contributed by atoms with Crippen LogP contribution >= 0.6 is 0 Å². The van der Waals surface area contributed by atoms with Gasteiger partial charge in [0, 0.05) is 17.5 Å². The smallest absolute Gasteiger partial charge is 0.262 e. The lowest BCUT2D eigenvalue weighted by atomic mass is 10.2. The molecule has 7 nitrogen and oxygen atoms in total. The maximum absolute atomic E-state index is 12.4. The molecule has 3 N–H and O–H groups in total. The number of ether oxygens (including phenoxy) is 1. The first-order chi connectivity index (χ1) is 10.1. The first-order valence-corrected chi connectivity index (χ1v) is 6.24. The molecule has 0 amide bonds. The molecule has 0 aliphatic rings. The van der Waals surface area contributed by atoms with E-state index in [4.69, 9.17) is 15.7 Å². The Morgan fingerprint density at radius 1 is 1.48 bits per heavy atom. The third-order valence-corrected chi connectivity index (χ3v) is 3.15.